The van der Waals surface area contributed by atoms with Crippen molar-refractivity contribution in [3.63, 3.8) is 0 Å². The maximum absolute atomic E-state index is 13.8. The summed E-state index contributed by atoms with van der Waals surface area (Å²) in [4.78, 5) is 25.0. The quantitative estimate of drug-likeness (QED) is 0.841. The Balaban J connectivity index is 1.87. The average molecular weight is 368 g/mol. The van der Waals surface area contributed by atoms with Crippen LogP contribution in [0.5, 0.6) is 0 Å². The maximum Gasteiger partial charge on any atom is 0.275 e. The van der Waals surface area contributed by atoms with Gasteiger partial charge in [0, 0.05) is 6.20 Å². The zero-order valence-corrected chi connectivity index (χ0v) is 14.6. The molecule has 138 valence electrons. The molecule has 1 amide bonds. The third kappa shape index (κ3) is 3.75. The number of carbonyl (C=O) groups excluding carboxylic acids is 1. The Morgan fingerprint density at radius 1 is 1.52 bits per heavy atom. The van der Waals surface area contributed by atoms with Gasteiger partial charge in [-0.15, -0.1) is 0 Å². The number of aliphatic imine (C=N–C) groups is 1. The number of rotatable bonds is 4. The lowest BCUT2D eigenvalue weighted by Gasteiger charge is -2.30. The van der Waals surface area contributed by atoms with Gasteiger partial charge in [0.1, 0.15) is 36.7 Å². The summed E-state index contributed by atoms with van der Waals surface area (Å²) in [6, 6.07) is 8.34. The van der Waals surface area contributed by atoms with Gasteiger partial charge in [-0.25, -0.2) is 14.4 Å². The number of nitriles is 1. The van der Waals surface area contributed by atoms with Crippen molar-refractivity contribution in [2.24, 2.45) is 10.7 Å². The number of amidine groups is 1. The van der Waals surface area contributed by atoms with E-state index in [2.05, 4.69) is 20.3 Å². The summed E-state index contributed by atoms with van der Waals surface area (Å²) in [5.41, 5.74) is 5.75. The molecule has 2 aromatic heterocycles. The van der Waals surface area contributed by atoms with E-state index in [9.17, 15) is 9.18 Å². The minimum absolute atomic E-state index is 0.00485. The fourth-order valence-electron chi connectivity index (χ4n) is 2.74. The van der Waals surface area contributed by atoms with Crippen LogP contribution < -0.4 is 11.1 Å². The second kappa shape index (κ2) is 7.47. The Kier molecular flexibility index (Phi) is 5.09. The maximum atomic E-state index is 13.8. The lowest BCUT2D eigenvalue weighted by Crippen LogP contribution is -2.42. The predicted octanol–water partition coefficient (Wildman–Crippen LogP) is 1.46. The molecular weight excluding hydrogens is 351 g/mol. The first-order valence-electron chi connectivity index (χ1n) is 8.11. The van der Waals surface area contributed by atoms with Crippen molar-refractivity contribution >= 4 is 17.6 Å². The average Bonchev–Trinajstić information content (AvgIpc) is 2.67. The Bertz CT molecular complexity index is 955. The van der Waals surface area contributed by atoms with Crippen LogP contribution in [0, 0.1) is 18.3 Å². The standard InChI is InChI=1S/C18H17FN6O2/c1-11-5-12(6-20)7-22-16(11)17(26)24-15-4-2-3-13(23-15)18(9-19)10-27-8-14(21)25-18/h2-5,7H,8-10H2,1H3,(H2,21,25)(H,23,24,26). The van der Waals surface area contributed by atoms with Crippen molar-refractivity contribution in [1.29, 1.82) is 5.26 Å². The number of nitrogens with one attached hydrogen (secondary N) is 1. The molecule has 0 spiro atoms. The van der Waals surface area contributed by atoms with Gasteiger partial charge in [-0.3, -0.25) is 9.79 Å². The molecule has 0 aromatic carbocycles. The van der Waals surface area contributed by atoms with Crippen LogP contribution in [0.3, 0.4) is 0 Å². The third-order valence-corrected chi connectivity index (χ3v) is 4.06. The van der Waals surface area contributed by atoms with E-state index < -0.39 is 18.1 Å². The summed E-state index contributed by atoms with van der Waals surface area (Å²) in [5, 5.41) is 11.5. The molecule has 2 aromatic rings. The van der Waals surface area contributed by atoms with E-state index in [1.807, 2.05) is 6.07 Å². The molecule has 0 fully saturated rings. The van der Waals surface area contributed by atoms with Crippen molar-refractivity contribution in [3.8, 4) is 6.07 Å². The van der Waals surface area contributed by atoms with E-state index in [1.165, 1.54) is 6.20 Å². The van der Waals surface area contributed by atoms with Gasteiger partial charge in [-0.05, 0) is 30.7 Å². The minimum Gasteiger partial charge on any atom is -0.385 e. The minimum atomic E-state index is -1.33. The Hall–Kier alpha value is -3.38. The molecule has 0 bridgehead atoms. The van der Waals surface area contributed by atoms with Crippen LogP contribution >= 0.6 is 0 Å². The second-order valence-corrected chi connectivity index (χ2v) is 6.12. The first kappa shape index (κ1) is 18.4. The number of aryl methyl sites for hydroxylation is 1. The number of anilines is 1. The molecule has 1 aliphatic rings. The van der Waals surface area contributed by atoms with Gasteiger partial charge in [0.05, 0.1) is 17.9 Å². The highest BCUT2D eigenvalue weighted by Crippen LogP contribution is 2.29. The summed E-state index contributed by atoms with van der Waals surface area (Å²) in [6.07, 6.45) is 1.32. The zero-order chi connectivity index (χ0) is 19.4. The van der Waals surface area contributed by atoms with Gasteiger partial charge in [-0.1, -0.05) is 6.07 Å². The molecule has 27 heavy (non-hydrogen) atoms. The van der Waals surface area contributed by atoms with Gasteiger partial charge >= 0.3 is 0 Å². The number of halogens is 1. The number of aromatic nitrogens is 2. The number of ether oxygens (including phenoxy) is 1. The van der Waals surface area contributed by atoms with E-state index in [-0.39, 0.29) is 30.6 Å². The molecule has 3 heterocycles. The Morgan fingerprint density at radius 2 is 2.33 bits per heavy atom. The normalized spacial score (nSPS) is 19.1. The van der Waals surface area contributed by atoms with Gasteiger partial charge in [0.25, 0.3) is 5.91 Å². The van der Waals surface area contributed by atoms with Crippen LogP contribution in [0.15, 0.2) is 35.5 Å². The molecule has 1 atom stereocenters. The summed E-state index contributed by atoms with van der Waals surface area (Å²) in [5.74, 6) is -0.0818. The fourth-order valence-corrected chi connectivity index (χ4v) is 2.74. The van der Waals surface area contributed by atoms with Gasteiger partial charge in [0.15, 0.2) is 5.54 Å². The molecule has 0 saturated carbocycles. The molecule has 8 nitrogen and oxygen atoms in total. The van der Waals surface area contributed by atoms with Crippen LogP contribution in [0.4, 0.5) is 10.2 Å². The van der Waals surface area contributed by atoms with Crippen molar-refractivity contribution in [3.05, 3.63) is 53.0 Å². The van der Waals surface area contributed by atoms with Gasteiger partial charge < -0.3 is 15.8 Å². The van der Waals surface area contributed by atoms with Crippen LogP contribution in [0.2, 0.25) is 0 Å². The van der Waals surface area contributed by atoms with E-state index in [1.54, 1.807) is 31.2 Å². The smallest absolute Gasteiger partial charge is 0.275 e. The Morgan fingerprint density at radius 3 is 3.00 bits per heavy atom. The summed E-state index contributed by atoms with van der Waals surface area (Å²) >= 11 is 0. The van der Waals surface area contributed by atoms with Crippen LogP contribution in [-0.4, -0.2) is 41.6 Å². The zero-order valence-electron chi connectivity index (χ0n) is 14.6. The number of nitrogens with zero attached hydrogens (tertiary/aromatic N) is 4. The summed E-state index contributed by atoms with van der Waals surface area (Å²) in [6.45, 7) is 0.989. The van der Waals surface area contributed by atoms with E-state index in [4.69, 9.17) is 15.7 Å². The summed E-state index contributed by atoms with van der Waals surface area (Å²) < 4.78 is 19.1. The van der Waals surface area contributed by atoms with Crippen LogP contribution in [0.25, 0.3) is 0 Å². The first-order valence-corrected chi connectivity index (χ1v) is 8.11. The lowest BCUT2D eigenvalue weighted by molar-refractivity contribution is 0.0807. The first-order chi connectivity index (χ1) is 13.0. The van der Waals surface area contributed by atoms with Crippen molar-refractivity contribution in [1.82, 2.24) is 9.97 Å². The fraction of sp³-hybridized carbons (Fsp3) is 0.278. The molecule has 0 radical (unpaired) electrons. The molecule has 9 heteroatoms. The van der Waals surface area contributed by atoms with E-state index in [0.717, 1.165) is 0 Å². The number of carbonyl (C=O) groups is 1. The van der Waals surface area contributed by atoms with Crippen LogP contribution in [0.1, 0.15) is 27.3 Å². The number of nitrogens with two attached hydrogens (primary N) is 1. The van der Waals surface area contributed by atoms with Crippen molar-refractivity contribution < 1.29 is 13.9 Å². The van der Waals surface area contributed by atoms with E-state index in [0.29, 0.717) is 16.8 Å². The molecule has 3 N–H and O–H groups in total. The summed E-state index contributed by atoms with van der Waals surface area (Å²) in [7, 11) is 0. The number of hydrogen-bond donors (Lipinski definition) is 2. The lowest BCUT2D eigenvalue weighted by atomic mass is 9.97. The largest absolute Gasteiger partial charge is 0.385 e. The van der Waals surface area contributed by atoms with E-state index >= 15 is 0 Å². The molecule has 3 rings (SSSR count). The molecule has 1 unspecified atom stereocenters. The topological polar surface area (TPSA) is 126 Å². The molecular formula is C18H17FN6O2. The van der Waals surface area contributed by atoms with Gasteiger partial charge in [-0.2, -0.15) is 5.26 Å². The number of amides is 1. The molecule has 0 aliphatic carbocycles. The second-order valence-electron chi connectivity index (χ2n) is 6.12. The molecule has 0 saturated heterocycles. The van der Waals surface area contributed by atoms with Crippen molar-refractivity contribution in [2.45, 2.75) is 12.5 Å². The predicted molar refractivity (Wildman–Crippen MR) is 96.0 cm³/mol. The number of hydrogen-bond acceptors (Lipinski definition) is 7. The molecule has 1 aliphatic heterocycles. The Labute approximate surface area is 154 Å². The highest BCUT2D eigenvalue weighted by molar-refractivity contribution is 6.03. The highest BCUT2D eigenvalue weighted by atomic mass is 19.1. The van der Waals surface area contributed by atoms with Crippen LogP contribution in [-0.2, 0) is 10.3 Å². The van der Waals surface area contributed by atoms with Gasteiger partial charge in [0.2, 0.25) is 0 Å². The number of alkyl halides is 1. The third-order valence-electron chi connectivity index (χ3n) is 4.06. The van der Waals surface area contributed by atoms with Crippen molar-refractivity contribution in [2.75, 3.05) is 25.2 Å². The number of pyridine rings is 2. The highest BCUT2D eigenvalue weighted by Gasteiger charge is 2.37. The monoisotopic (exact) mass is 368 g/mol. The SMILES string of the molecule is Cc1cc(C#N)cnc1C(=O)Nc1cccc(C2(CF)COCC(N)=N2)n1.